The third-order valence-electron chi connectivity index (χ3n) is 3.54. The van der Waals surface area contributed by atoms with E-state index in [1.807, 2.05) is 36.4 Å². The fourth-order valence-electron chi connectivity index (χ4n) is 2.41. The summed E-state index contributed by atoms with van der Waals surface area (Å²) in [5.74, 6) is -0.996. The van der Waals surface area contributed by atoms with Crippen LogP contribution < -0.4 is 5.32 Å². The average molecular weight is 306 g/mol. The molecule has 0 saturated heterocycles. The third-order valence-corrected chi connectivity index (χ3v) is 3.54. The lowest BCUT2D eigenvalue weighted by atomic mass is 9.99. The number of hydrogen-bond acceptors (Lipinski definition) is 2. The largest absolute Gasteiger partial charge is 0.341 e. The summed E-state index contributed by atoms with van der Waals surface area (Å²) in [6, 6.07) is 18.8. The van der Waals surface area contributed by atoms with Crippen LogP contribution in [-0.2, 0) is 0 Å². The molecular weight excluding hydrogens is 291 g/mol. The molecule has 1 amide bonds. The molecule has 1 aromatic heterocycles. The second-order valence-electron chi connectivity index (χ2n) is 5.08. The van der Waals surface area contributed by atoms with Crippen LogP contribution in [0, 0.1) is 5.82 Å². The van der Waals surface area contributed by atoms with Gasteiger partial charge in [-0.05, 0) is 29.3 Å². The molecule has 0 aliphatic carbocycles. The summed E-state index contributed by atoms with van der Waals surface area (Å²) in [6.45, 7) is 0. The lowest BCUT2D eigenvalue weighted by Gasteiger charge is -2.19. The number of halogens is 1. The van der Waals surface area contributed by atoms with Crippen LogP contribution in [0.15, 0.2) is 79.1 Å². The Labute approximate surface area is 133 Å². The predicted octanol–water partition coefficient (Wildman–Crippen LogP) is 3.74. The van der Waals surface area contributed by atoms with E-state index >= 15 is 0 Å². The van der Waals surface area contributed by atoms with Crippen LogP contribution in [0.25, 0.3) is 0 Å². The molecule has 1 atom stereocenters. The van der Waals surface area contributed by atoms with Crippen molar-refractivity contribution in [3.63, 3.8) is 0 Å². The first kappa shape index (κ1) is 14.9. The van der Waals surface area contributed by atoms with Crippen molar-refractivity contribution in [1.29, 1.82) is 0 Å². The van der Waals surface area contributed by atoms with Crippen molar-refractivity contribution >= 4 is 5.91 Å². The molecule has 0 fully saturated rings. The summed E-state index contributed by atoms with van der Waals surface area (Å²) >= 11 is 0. The van der Waals surface area contributed by atoms with Gasteiger partial charge < -0.3 is 5.32 Å². The van der Waals surface area contributed by atoms with Crippen molar-refractivity contribution in [3.05, 3.63) is 102 Å². The highest BCUT2D eigenvalue weighted by Crippen LogP contribution is 2.22. The van der Waals surface area contributed by atoms with Gasteiger partial charge in [-0.3, -0.25) is 9.78 Å². The molecule has 0 aliphatic heterocycles. The van der Waals surface area contributed by atoms with Gasteiger partial charge in [-0.2, -0.15) is 0 Å². The lowest BCUT2D eigenvalue weighted by molar-refractivity contribution is 0.0939. The zero-order valence-electron chi connectivity index (χ0n) is 12.3. The summed E-state index contributed by atoms with van der Waals surface area (Å²) in [5.41, 5.74) is 1.77. The fraction of sp³-hybridized carbons (Fsp3) is 0.0526. The SMILES string of the molecule is O=C(N[C@H](c1ccccc1)c1cccnc1)c1ccccc1F. The zero-order chi connectivity index (χ0) is 16.1. The van der Waals surface area contributed by atoms with Crippen LogP contribution in [0.4, 0.5) is 4.39 Å². The molecule has 0 spiro atoms. The summed E-state index contributed by atoms with van der Waals surface area (Å²) in [7, 11) is 0. The molecule has 2 aromatic carbocycles. The van der Waals surface area contributed by atoms with Gasteiger partial charge in [0.1, 0.15) is 5.82 Å². The van der Waals surface area contributed by atoms with E-state index in [4.69, 9.17) is 0 Å². The van der Waals surface area contributed by atoms with E-state index in [1.54, 1.807) is 30.6 Å². The van der Waals surface area contributed by atoms with Crippen molar-refractivity contribution in [2.45, 2.75) is 6.04 Å². The maximum Gasteiger partial charge on any atom is 0.255 e. The van der Waals surface area contributed by atoms with Crippen LogP contribution >= 0.6 is 0 Å². The predicted molar refractivity (Wildman–Crippen MR) is 86.4 cm³/mol. The highest BCUT2D eigenvalue weighted by molar-refractivity contribution is 5.94. The molecule has 0 aliphatic rings. The molecule has 1 N–H and O–H groups in total. The lowest BCUT2D eigenvalue weighted by Crippen LogP contribution is -2.30. The standard InChI is InChI=1S/C19H15FN2O/c20-17-11-5-4-10-16(17)19(23)22-18(14-7-2-1-3-8-14)15-9-6-12-21-13-15/h1-13,18H,(H,22,23)/t18-/m1/s1. The minimum atomic E-state index is -0.539. The number of nitrogens with one attached hydrogen (secondary N) is 1. The van der Waals surface area contributed by atoms with E-state index in [-0.39, 0.29) is 5.56 Å². The minimum Gasteiger partial charge on any atom is -0.341 e. The van der Waals surface area contributed by atoms with Gasteiger partial charge in [0.15, 0.2) is 0 Å². The van der Waals surface area contributed by atoms with Crippen molar-refractivity contribution in [2.24, 2.45) is 0 Å². The fourth-order valence-corrected chi connectivity index (χ4v) is 2.41. The minimum absolute atomic E-state index is 0.0253. The summed E-state index contributed by atoms with van der Waals surface area (Å²) in [6.07, 6.45) is 3.36. The molecule has 3 aromatic rings. The Hall–Kier alpha value is -3.01. The van der Waals surface area contributed by atoms with Gasteiger partial charge in [-0.15, -0.1) is 0 Å². The number of nitrogens with zero attached hydrogens (tertiary/aromatic N) is 1. The van der Waals surface area contributed by atoms with Gasteiger partial charge in [0.25, 0.3) is 5.91 Å². The van der Waals surface area contributed by atoms with E-state index in [9.17, 15) is 9.18 Å². The van der Waals surface area contributed by atoms with Gasteiger partial charge in [0.2, 0.25) is 0 Å². The Morgan fingerprint density at radius 3 is 2.30 bits per heavy atom. The van der Waals surface area contributed by atoms with E-state index in [0.29, 0.717) is 0 Å². The molecule has 23 heavy (non-hydrogen) atoms. The van der Waals surface area contributed by atoms with Gasteiger partial charge in [-0.1, -0.05) is 48.5 Å². The second kappa shape index (κ2) is 6.83. The highest BCUT2D eigenvalue weighted by Gasteiger charge is 2.19. The van der Waals surface area contributed by atoms with Crippen molar-refractivity contribution in [2.75, 3.05) is 0 Å². The van der Waals surface area contributed by atoms with E-state index in [1.165, 1.54) is 12.1 Å². The maximum atomic E-state index is 13.8. The van der Waals surface area contributed by atoms with Crippen molar-refractivity contribution < 1.29 is 9.18 Å². The number of amides is 1. The molecule has 4 heteroatoms. The normalized spacial score (nSPS) is 11.7. The molecule has 1 heterocycles. The topological polar surface area (TPSA) is 42.0 Å². The van der Waals surface area contributed by atoms with Crippen LogP contribution in [0.5, 0.6) is 0 Å². The number of carbonyl (C=O) groups excluding carboxylic acids is 1. The Bertz CT molecular complexity index is 751. The number of aromatic nitrogens is 1. The summed E-state index contributed by atoms with van der Waals surface area (Å²) < 4.78 is 13.8. The first-order chi connectivity index (χ1) is 11.3. The highest BCUT2D eigenvalue weighted by atomic mass is 19.1. The van der Waals surface area contributed by atoms with Crippen LogP contribution in [0.3, 0.4) is 0 Å². The molecule has 0 radical (unpaired) electrons. The van der Waals surface area contributed by atoms with Crippen LogP contribution in [-0.4, -0.2) is 10.9 Å². The number of benzene rings is 2. The van der Waals surface area contributed by atoms with Crippen molar-refractivity contribution in [3.8, 4) is 0 Å². The molecule has 114 valence electrons. The summed E-state index contributed by atoms with van der Waals surface area (Å²) in [5, 5.41) is 2.89. The van der Waals surface area contributed by atoms with Crippen LogP contribution in [0.2, 0.25) is 0 Å². The maximum absolute atomic E-state index is 13.8. The number of hydrogen-bond donors (Lipinski definition) is 1. The summed E-state index contributed by atoms with van der Waals surface area (Å²) in [4.78, 5) is 16.6. The quantitative estimate of drug-likeness (QED) is 0.798. The zero-order valence-corrected chi connectivity index (χ0v) is 12.3. The second-order valence-corrected chi connectivity index (χ2v) is 5.08. The Balaban J connectivity index is 1.94. The average Bonchev–Trinajstić information content (AvgIpc) is 2.61. The van der Waals surface area contributed by atoms with Gasteiger partial charge in [0.05, 0.1) is 11.6 Å². The van der Waals surface area contributed by atoms with Gasteiger partial charge >= 0.3 is 0 Å². The van der Waals surface area contributed by atoms with E-state index < -0.39 is 17.8 Å². The number of carbonyl (C=O) groups is 1. The molecule has 0 bridgehead atoms. The van der Waals surface area contributed by atoms with Gasteiger partial charge in [0, 0.05) is 12.4 Å². The number of pyridine rings is 1. The van der Waals surface area contributed by atoms with E-state index in [2.05, 4.69) is 10.3 Å². The Morgan fingerprint density at radius 2 is 1.61 bits per heavy atom. The molecule has 0 unspecified atom stereocenters. The Kier molecular flexibility index (Phi) is 4.43. The first-order valence-corrected chi connectivity index (χ1v) is 7.26. The smallest absolute Gasteiger partial charge is 0.255 e. The molecule has 3 rings (SSSR count). The molecule has 3 nitrogen and oxygen atoms in total. The Morgan fingerprint density at radius 1 is 0.913 bits per heavy atom. The first-order valence-electron chi connectivity index (χ1n) is 7.26. The van der Waals surface area contributed by atoms with Gasteiger partial charge in [-0.25, -0.2) is 4.39 Å². The molecular formula is C19H15FN2O. The van der Waals surface area contributed by atoms with Crippen molar-refractivity contribution in [1.82, 2.24) is 10.3 Å². The monoisotopic (exact) mass is 306 g/mol. The molecule has 0 saturated carbocycles. The number of rotatable bonds is 4. The van der Waals surface area contributed by atoms with E-state index in [0.717, 1.165) is 11.1 Å². The van der Waals surface area contributed by atoms with Crippen LogP contribution in [0.1, 0.15) is 27.5 Å². The third kappa shape index (κ3) is 3.43.